The molecule has 0 nitrogen and oxygen atoms in total. The van der Waals surface area contributed by atoms with Crippen LogP contribution in [0.1, 0.15) is 95.9 Å². The third kappa shape index (κ3) is 21.3. The first-order chi connectivity index (χ1) is 11.0. The third-order valence-electron chi connectivity index (χ3n) is 1.95. The molecule has 22 heavy (non-hydrogen) atoms. The van der Waals surface area contributed by atoms with Gasteiger partial charge in [0.05, 0.1) is 0 Å². The summed E-state index contributed by atoms with van der Waals surface area (Å²) < 4.78 is 0. The van der Waals surface area contributed by atoms with Crippen LogP contribution in [-0.2, 0) is 0 Å². The van der Waals surface area contributed by atoms with Crippen LogP contribution in [0.3, 0.4) is 0 Å². The fourth-order valence-corrected chi connectivity index (χ4v) is 1.37. The molecule has 0 radical (unpaired) electrons. The van der Waals surface area contributed by atoms with E-state index in [9.17, 15) is 0 Å². The smallest absolute Gasteiger partial charge is 0.00915 e. The van der Waals surface area contributed by atoms with E-state index in [1.165, 1.54) is 11.1 Å². The van der Waals surface area contributed by atoms with Crippen LogP contribution in [0.4, 0.5) is 0 Å². The summed E-state index contributed by atoms with van der Waals surface area (Å²) in [7, 11) is 0. The van der Waals surface area contributed by atoms with Gasteiger partial charge in [0.1, 0.15) is 0 Å². The molecule has 2 aliphatic carbocycles. The maximum atomic E-state index is 2.21. The van der Waals surface area contributed by atoms with Gasteiger partial charge in [0.15, 0.2) is 0 Å². The highest BCUT2D eigenvalue weighted by molar-refractivity contribution is 5.44. The summed E-state index contributed by atoms with van der Waals surface area (Å²) >= 11 is 0. The Bertz CT molecular complexity index is 221. The van der Waals surface area contributed by atoms with Gasteiger partial charge in [-0.2, -0.15) is 0 Å². The quantitative estimate of drug-likeness (QED) is 0.453. The summed E-state index contributed by atoms with van der Waals surface area (Å²) in [6.45, 7) is 24.0. The van der Waals surface area contributed by atoms with Crippen molar-refractivity contribution < 1.29 is 0 Å². The number of hydrogen-bond acceptors (Lipinski definition) is 0. The maximum Gasteiger partial charge on any atom is -0.00915 e. The summed E-state index contributed by atoms with van der Waals surface area (Å²) in [4.78, 5) is 0. The van der Waals surface area contributed by atoms with Gasteiger partial charge in [0, 0.05) is 0 Å². The first-order valence-electron chi connectivity index (χ1n) is 9.68. The highest BCUT2D eigenvalue weighted by atomic mass is 14.1. The van der Waals surface area contributed by atoms with E-state index in [0.717, 1.165) is 12.8 Å². The molecule has 0 heterocycles. The monoisotopic (exact) mass is 310 g/mol. The minimum Gasteiger partial charge on any atom is -0.0801 e. The van der Waals surface area contributed by atoms with Crippen LogP contribution in [0.2, 0.25) is 0 Å². The topological polar surface area (TPSA) is 0 Å². The van der Waals surface area contributed by atoms with E-state index in [1.807, 2.05) is 83.1 Å². The van der Waals surface area contributed by atoms with Crippen molar-refractivity contribution in [3.8, 4) is 0 Å². The number of allylic oxidation sites excluding steroid dienone is 8. The highest BCUT2D eigenvalue weighted by Gasteiger charge is 2.05. The Morgan fingerprint density at radius 1 is 0.455 bits per heavy atom. The van der Waals surface area contributed by atoms with Crippen molar-refractivity contribution in [3.05, 3.63) is 47.6 Å². The fraction of sp³-hybridized carbons (Fsp3) is 0.636. The van der Waals surface area contributed by atoms with E-state index in [0.29, 0.717) is 0 Å². The molecule has 0 unspecified atom stereocenters. The summed E-state index contributed by atoms with van der Waals surface area (Å²) in [5, 5.41) is 0. The maximum absolute atomic E-state index is 2.21. The van der Waals surface area contributed by atoms with Crippen LogP contribution in [0.5, 0.6) is 0 Å². The predicted octanol–water partition coefficient (Wildman–Crippen LogP) is 8.92. The molecule has 0 aromatic carbocycles. The molecular formula is C22H46. The molecule has 0 N–H and O–H groups in total. The van der Waals surface area contributed by atoms with E-state index in [-0.39, 0.29) is 0 Å². The molecular weight excluding hydrogens is 264 g/mol. The van der Waals surface area contributed by atoms with Crippen molar-refractivity contribution in [3.63, 3.8) is 0 Å². The molecule has 0 saturated heterocycles. The van der Waals surface area contributed by atoms with E-state index in [4.69, 9.17) is 0 Å². The van der Waals surface area contributed by atoms with Crippen molar-refractivity contribution in [2.75, 3.05) is 0 Å². The van der Waals surface area contributed by atoms with Gasteiger partial charge >= 0.3 is 0 Å². The lowest BCUT2D eigenvalue weighted by Crippen LogP contribution is -1.80. The molecule has 0 bridgehead atoms. The lowest BCUT2D eigenvalue weighted by Gasteiger charge is -1.99. The highest BCUT2D eigenvalue weighted by Crippen LogP contribution is 2.25. The standard InChI is InChI=1S/C10H10.6C2H6/c1-2-6-9(5-1)10-7-3-4-8-10;6*1-2/h1-5,7H,6,8H2;6*1-2H3. The largest absolute Gasteiger partial charge is 0.0801 e. The molecule has 0 atom stereocenters. The van der Waals surface area contributed by atoms with E-state index < -0.39 is 0 Å². The van der Waals surface area contributed by atoms with Crippen LogP contribution in [0, 0.1) is 0 Å². The zero-order valence-electron chi connectivity index (χ0n) is 17.9. The van der Waals surface area contributed by atoms with Gasteiger partial charge in [0.2, 0.25) is 0 Å². The Kier molecular flexibility index (Phi) is 63.7. The third-order valence-corrected chi connectivity index (χ3v) is 1.95. The number of hydrogen-bond donors (Lipinski definition) is 0. The van der Waals surface area contributed by atoms with Gasteiger partial charge in [-0.3, -0.25) is 0 Å². The fourth-order valence-electron chi connectivity index (χ4n) is 1.37. The first kappa shape index (κ1) is 32.8. The second-order valence-corrected chi connectivity index (χ2v) is 2.65. The van der Waals surface area contributed by atoms with Crippen LogP contribution < -0.4 is 0 Å². The Labute approximate surface area is 144 Å². The molecule has 2 aliphatic rings. The van der Waals surface area contributed by atoms with Crippen molar-refractivity contribution >= 4 is 0 Å². The van der Waals surface area contributed by atoms with Crippen molar-refractivity contribution in [1.29, 1.82) is 0 Å². The Morgan fingerprint density at radius 2 is 0.682 bits per heavy atom. The molecule has 0 amide bonds. The van der Waals surface area contributed by atoms with E-state index in [2.05, 4.69) is 36.5 Å². The van der Waals surface area contributed by atoms with Gasteiger partial charge < -0.3 is 0 Å². The van der Waals surface area contributed by atoms with Gasteiger partial charge in [-0.05, 0) is 24.0 Å². The number of rotatable bonds is 1. The average Bonchev–Trinajstić information content (AvgIpc) is 3.39. The Morgan fingerprint density at radius 3 is 0.818 bits per heavy atom. The lowest BCUT2D eigenvalue weighted by molar-refractivity contribution is 1.18. The molecule has 0 heteroatoms. The summed E-state index contributed by atoms with van der Waals surface area (Å²) in [5.74, 6) is 0. The second-order valence-electron chi connectivity index (χ2n) is 2.65. The van der Waals surface area contributed by atoms with Crippen LogP contribution in [0.25, 0.3) is 0 Å². The normalized spacial score (nSPS) is 11.5. The second kappa shape index (κ2) is 42.7. The molecule has 0 spiro atoms. The SMILES string of the molecule is C1=CCC(C2=CC=CC2)=C1.CC.CC.CC.CC.CC.CC. The van der Waals surface area contributed by atoms with Crippen molar-refractivity contribution in [2.45, 2.75) is 95.9 Å². The molecule has 2 rings (SSSR count). The molecule has 0 aromatic heterocycles. The van der Waals surface area contributed by atoms with Gasteiger partial charge in [-0.1, -0.05) is 120 Å². The first-order valence-corrected chi connectivity index (χ1v) is 9.68. The molecule has 0 aliphatic heterocycles. The van der Waals surface area contributed by atoms with E-state index >= 15 is 0 Å². The molecule has 0 fully saturated rings. The Balaban J connectivity index is -0.0000000689. The summed E-state index contributed by atoms with van der Waals surface area (Å²) in [6, 6.07) is 0. The zero-order valence-corrected chi connectivity index (χ0v) is 17.9. The minimum absolute atomic E-state index is 1.13. The molecule has 0 saturated carbocycles. The van der Waals surface area contributed by atoms with Gasteiger partial charge in [-0.15, -0.1) is 0 Å². The summed E-state index contributed by atoms with van der Waals surface area (Å²) in [5.41, 5.74) is 2.98. The average molecular weight is 311 g/mol. The van der Waals surface area contributed by atoms with Gasteiger partial charge in [0.25, 0.3) is 0 Å². The molecule has 0 aromatic rings. The summed E-state index contributed by atoms with van der Waals surface area (Å²) in [6.07, 6.45) is 15.4. The van der Waals surface area contributed by atoms with Crippen LogP contribution in [-0.4, -0.2) is 0 Å². The van der Waals surface area contributed by atoms with Gasteiger partial charge in [-0.25, -0.2) is 0 Å². The van der Waals surface area contributed by atoms with Crippen LogP contribution in [0.15, 0.2) is 47.6 Å². The zero-order chi connectivity index (χ0) is 18.8. The molecule has 134 valence electrons. The van der Waals surface area contributed by atoms with Crippen molar-refractivity contribution in [2.24, 2.45) is 0 Å². The minimum atomic E-state index is 1.13. The van der Waals surface area contributed by atoms with Crippen LogP contribution >= 0.6 is 0 Å². The van der Waals surface area contributed by atoms with E-state index in [1.54, 1.807) is 0 Å². The predicted molar refractivity (Wildman–Crippen MR) is 112 cm³/mol. The Hall–Kier alpha value is -1.04. The lowest BCUT2D eigenvalue weighted by atomic mass is 10.1. The van der Waals surface area contributed by atoms with Crippen molar-refractivity contribution in [1.82, 2.24) is 0 Å².